The van der Waals surface area contributed by atoms with Gasteiger partial charge in [-0.25, -0.2) is 4.18 Å². The third-order valence-corrected chi connectivity index (χ3v) is 6.71. The smallest absolute Gasteiger partial charge is 0.294 e. The lowest BCUT2D eigenvalue weighted by atomic mass is 9.87. The summed E-state index contributed by atoms with van der Waals surface area (Å²) >= 11 is 0. The summed E-state index contributed by atoms with van der Waals surface area (Å²) in [7, 11) is -2.13. The molecule has 0 heterocycles. The van der Waals surface area contributed by atoms with E-state index in [2.05, 4.69) is 36.5 Å². The molecule has 4 nitrogen and oxygen atoms in total. The molecule has 0 bridgehead atoms. The molecule has 0 saturated carbocycles. The van der Waals surface area contributed by atoms with Gasteiger partial charge in [-0.15, -0.1) is 0 Å². The molecule has 0 saturated heterocycles. The van der Waals surface area contributed by atoms with Crippen LogP contribution < -0.4 is 5.32 Å². The summed E-state index contributed by atoms with van der Waals surface area (Å²) in [5.74, 6) is 0.109. The van der Waals surface area contributed by atoms with Gasteiger partial charge < -0.3 is 0 Å². The molecule has 0 spiro atoms. The fourth-order valence-corrected chi connectivity index (χ4v) is 4.61. The highest BCUT2D eigenvalue weighted by Crippen LogP contribution is 2.28. The van der Waals surface area contributed by atoms with Gasteiger partial charge in [-0.1, -0.05) is 72.3 Å². The average molecular weight is 424 g/mol. The van der Waals surface area contributed by atoms with Crippen molar-refractivity contribution in [2.75, 3.05) is 7.05 Å². The van der Waals surface area contributed by atoms with Crippen LogP contribution in [-0.2, 0) is 20.7 Å². The maximum Gasteiger partial charge on any atom is 0.298 e. The Kier molecular flexibility index (Phi) is 7.43. The van der Waals surface area contributed by atoms with Crippen LogP contribution in [0.3, 0.4) is 0 Å². The normalized spacial score (nSPS) is 13.7. The molecule has 2 atom stereocenters. The van der Waals surface area contributed by atoms with Crippen LogP contribution in [0.2, 0.25) is 0 Å². The summed E-state index contributed by atoms with van der Waals surface area (Å²) in [6.45, 7) is 4.02. The van der Waals surface area contributed by atoms with Gasteiger partial charge in [0.1, 0.15) is 6.23 Å². The minimum Gasteiger partial charge on any atom is -0.294 e. The van der Waals surface area contributed by atoms with Gasteiger partial charge in [0.05, 0.1) is 4.90 Å². The van der Waals surface area contributed by atoms with Crippen molar-refractivity contribution in [2.24, 2.45) is 0 Å². The summed E-state index contributed by atoms with van der Waals surface area (Å²) in [6, 6.07) is 25.2. The Morgan fingerprint density at radius 3 is 2.13 bits per heavy atom. The molecule has 3 rings (SSSR count). The van der Waals surface area contributed by atoms with Crippen LogP contribution in [0.5, 0.6) is 0 Å². The Morgan fingerprint density at radius 1 is 0.867 bits per heavy atom. The van der Waals surface area contributed by atoms with Crippen molar-refractivity contribution in [3.05, 3.63) is 101 Å². The summed E-state index contributed by atoms with van der Waals surface area (Å²) in [5.41, 5.74) is 4.65. The maximum absolute atomic E-state index is 12.8. The molecular formula is C25H29NO3S. The first-order valence-electron chi connectivity index (χ1n) is 10.2. The van der Waals surface area contributed by atoms with Crippen molar-refractivity contribution in [1.82, 2.24) is 5.32 Å². The van der Waals surface area contributed by atoms with Gasteiger partial charge in [-0.3, -0.25) is 5.32 Å². The number of nitrogens with one attached hydrogen (secondary N) is 1. The zero-order valence-electron chi connectivity index (χ0n) is 17.7. The molecule has 1 N–H and O–H groups in total. The topological polar surface area (TPSA) is 55.4 Å². The quantitative estimate of drug-likeness (QED) is 0.390. The van der Waals surface area contributed by atoms with Crippen LogP contribution in [0.25, 0.3) is 0 Å². The summed E-state index contributed by atoms with van der Waals surface area (Å²) in [5, 5.41) is 3.04. The van der Waals surface area contributed by atoms with E-state index in [1.165, 1.54) is 11.1 Å². The second-order valence-corrected chi connectivity index (χ2v) is 9.19. The first kappa shape index (κ1) is 22.2. The molecule has 0 aliphatic rings. The zero-order chi connectivity index (χ0) is 21.6. The molecule has 5 heteroatoms. The van der Waals surface area contributed by atoms with Crippen LogP contribution in [0.1, 0.15) is 34.6 Å². The Hall–Kier alpha value is -2.47. The van der Waals surface area contributed by atoms with Gasteiger partial charge in [0.25, 0.3) is 10.1 Å². The third-order valence-electron chi connectivity index (χ3n) is 5.37. The highest BCUT2D eigenvalue weighted by molar-refractivity contribution is 7.86. The fraction of sp³-hybridized carbons (Fsp3) is 0.280. The van der Waals surface area contributed by atoms with Crippen LogP contribution in [-0.4, -0.2) is 21.7 Å². The molecule has 2 unspecified atom stereocenters. The predicted octanol–water partition coefficient (Wildman–Crippen LogP) is 4.97. The average Bonchev–Trinajstić information content (AvgIpc) is 2.75. The second kappa shape index (κ2) is 10.0. The molecule has 0 radical (unpaired) electrons. The molecule has 3 aromatic carbocycles. The number of aryl methyl sites for hydroxylation is 2. The van der Waals surface area contributed by atoms with Crippen LogP contribution in [0.15, 0.2) is 83.8 Å². The molecular weight excluding hydrogens is 394 g/mol. The van der Waals surface area contributed by atoms with E-state index in [-0.39, 0.29) is 10.8 Å². The first-order valence-corrected chi connectivity index (χ1v) is 11.6. The minimum atomic E-state index is -3.86. The lowest BCUT2D eigenvalue weighted by Gasteiger charge is -2.24. The van der Waals surface area contributed by atoms with Crippen molar-refractivity contribution in [3.8, 4) is 0 Å². The zero-order valence-corrected chi connectivity index (χ0v) is 18.5. The lowest BCUT2D eigenvalue weighted by molar-refractivity contribution is 0.161. The standard InChI is InChI=1S/C25H29NO3S/c1-19-13-15-24(16-14-19)30(27,28)29-25(26-3)18-23(21-10-5-4-6-11-21)17-22-12-8-7-9-20(22)2/h4-16,23,25-26H,17-18H2,1-3H3. The second-order valence-electron chi connectivity index (χ2n) is 7.61. The van der Waals surface area contributed by atoms with Crippen LogP contribution >= 0.6 is 0 Å². The summed E-state index contributed by atoms with van der Waals surface area (Å²) in [6.07, 6.45) is 0.702. The van der Waals surface area contributed by atoms with Crippen molar-refractivity contribution in [3.63, 3.8) is 0 Å². The number of rotatable bonds is 9. The van der Waals surface area contributed by atoms with Crippen molar-refractivity contribution in [1.29, 1.82) is 0 Å². The van der Waals surface area contributed by atoms with E-state index in [4.69, 9.17) is 4.18 Å². The summed E-state index contributed by atoms with van der Waals surface area (Å²) in [4.78, 5) is 0.170. The van der Waals surface area contributed by atoms with Gasteiger partial charge in [-0.2, -0.15) is 8.42 Å². The third kappa shape index (κ3) is 5.79. The molecule has 0 fully saturated rings. The predicted molar refractivity (Wildman–Crippen MR) is 121 cm³/mol. The fourth-order valence-electron chi connectivity index (χ4n) is 3.54. The van der Waals surface area contributed by atoms with Crippen molar-refractivity contribution >= 4 is 10.1 Å². The van der Waals surface area contributed by atoms with Crippen molar-refractivity contribution in [2.45, 2.75) is 43.7 Å². The van der Waals surface area contributed by atoms with Gasteiger partial charge >= 0.3 is 0 Å². The molecule has 0 aromatic heterocycles. The van der Waals surface area contributed by atoms with E-state index in [1.54, 1.807) is 31.3 Å². The van der Waals surface area contributed by atoms with Crippen LogP contribution in [0, 0.1) is 13.8 Å². The van der Waals surface area contributed by atoms with Gasteiger partial charge in [0.15, 0.2) is 0 Å². The number of hydrogen-bond donors (Lipinski definition) is 1. The van der Waals surface area contributed by atoms with Gasteiger partial charge in [-0.05, 0) is 68.5 Å². The monoisotopic (exact) mass is 423 g/mol. The molecule has 0 aliphatic carbocycles. The van der Waals surface area contributed by atoms with E-state index in [9.17, 15) is 8.42 Å². The van der Waals surface area contributed by atoms with Gasteiger partial charge in [0, 0.05) is 0 Å². The first-order chi connectivity index (χ1) is 14.4. The number of hydrogen-bond acceptors (Lipinski definition) is 4. The molecule has 158 valence electrons. The van der Waals surface area contributed by atoms with E-state index in [0.29, 0.717) is 6.42 Å². The van der Waals surface area contributed by atoms with E-state index < -0.39 is 16.3 Å². The molecule has 0 amide bonds. The molecule has 0 aliphatic heterocycles. The van der Waals surface area contributed by atoms with Crippen LogP contribution in [0.4, 0.5) is 0 Å². The molecule has 3 aromatic rings. The maximum atomic E-state index is 12.8. The Morgan fingerprint density at radius 2 is 1.50 bits per heavy atom. The van der Waals surface area contributed by atoms with Crippen molar-refractivity contribution < 1.29 is 12.6 Å². The van der Waals surface area contributed by atoms with E-state index in [0.717, 1.165) is 17.5 Å². The lowest BCUT2D eigenvalue weighted by Crippen LogP contribution is -2.33. The van der Waals surface area contributed by atoms with E-state index in [1.807, 2.05) is 37.3 Å². The Balaban J connectivity index is 1.82. The largest absolute Gasteiger partial charge is 0.298 e. The Bertz CT molecular complexity index is 1050. The molecule has 30 heavy (non-hydrogen) atoms. The van der Waals surface area contributed by atoms with Gasteiger partial charge in [0.2, 0.25) is 0 Å². The van der Waals surface area contributed by atoms with E-state index >= 15 is 0 Å². The Labute approximate surface area is 180 Å². The SMILES string of the molecule is CNC(CC(Cc1ccccc1C)c1ccccc1)OS(=O)(=O)c1ccc(C)cc1. The highest BCUT2D eigenvalue weighted by Gasteiger charge is 2.25. The number of benzene rings is 3. The summed E-state index contributed by atoms with van der Waals surface area (Å²) < 4.78 is 31.2. The highest BCUT2D eigenvalue weighted by atomic mass is 32.2. The minimum absolute atomic E-state index is 0.109.